The summed E-state index contributed by atoms with van der Waals surface area (Å²) in [6, 6.07) is 5.01. The third-order valence-electron chi connectivity index (χ3n) is 4.25. The Labute approximate surface area is 144 Å². The Morgan fingerprint density at radius 1 is 1.36 bits per heavy atom. The van der Waals surface area contributed by atoms with E-state index in [9.17, 15) is 24.8 Å². The number of nitrogens with zero attached hydrogens (tertiary/aromatic N) is 2. The molecule has 1 aromatic rings. The van der Waals surface area contributed by atoms with E-state index < -0.39 is 34.7 Å². The molecule has 1 N–H and O–H groups in total. The lowest BCUT2D eigenvalue weighted by atomic mass is 9.85. The number of rotatable bonds is 7. The molecule has 0 unspecified atom stereocenters. The van der Waals surface area contributed by atoms with Crippen LogP contribution in [0.4, 0.5) is 5.69 Å². The van der Waals surface area contributed by atoms with Gasteiger partial charge < -0.3 is 9.84 Å². The third-order valence-corrected chi connectivity index (χ3v) is 4.25. The predicted molar refractivity (Wildman–Crippen MR) is 85.0 cm³/mol. The molecule has 1 aliphatic heterocycles. The van der Waals surface area contributed by atoms with Crippen molar-refractivity contribution in [1.29, 1.82) is 0 Å². The van der Waals surface area contributed by atoms with E-state index in [2.05, 4.69) is 0 Å². The highest BCUT2D eigenvalue weighted by molar-refractivity contribution is 5.86. The molecule has 1 fully saturated rings. The molecule has 2 rings (SSSR count). The van der Waals surface area contributed by atoms with E-state index in [4.69, 9.17) is 9.57 Å². The number of benzene rings is 1. The minimum Gasteiger partial charge on any atom is -0.466 e. The molecule has 1 saturated heterocycles. The smallest absolute Gasteiger partial charge is 0.306 e. The average molecular weight is 352 g/mol. The number of amides is 1. The summed E-state index contributed by atoms with van der Waals surface area (Å²) >= 11 is 0. The van der Waals surface area contributed by atoms with Crippen LogP contribution in [0.3, 0.4) is 0 Å². The van der Waals surface area contributed by atoms with Crippen molar-refractivity contribution < 1.29 is 29.2 Å². The van der Waals surface area contributed by atoms with E-state index in [0.717, 1.165) is 5.06 Å². The van der Waals surface area contributed by atoms with Gasteiger partial charge in [-0.3, -0.25) is 24.5 Å². The van der Waals surface area contributed by atoms with Crippen molar-refractivity contribution in [3.63, 3.8) is 0 Å². The quantitative estimate of drug-likeness (QED) is 0.445. The van der Waals surface area contributed by atoms with Gasteiger partial charge in [0.05, 0.1) is 37.0 Å². The van der Waals surface area contributed by atoms with Crippen molar-refractivity contribution in [3.05, 3.63) is 39.9 Å². The SMILES string of the molecule is CCOC(=O)C[C@@H]1C(=O)N(OC)[C@H](c2ccc([N+](=O)[O-])cc2)[C@H]1CO. The van der Waals surface area contributed by atoms with Gasteiger partial charge in [-0.2, -0.15) is 0 Å². The number of hydroxylamine groups is 2. The van der Waals surface area contributed by atoms with Crippen molar-refractivity contribution in [2.75, 3.05) is 20.3 Å². The number of ether oxygens (including phenoxy) is 1. The second-order valence-corrected chi connectivity index (χ2v) is 5.60. The van der Waals surface area contributed by atoms with Crippen LogP contribution >= 0.6 is 0 Å². The summed E-state index contributed by atoms with van der Waals surface area (Å²) in [5, 5.41) is 21.7. The molecule has 0 saturated carbocycles. The monoisotopic (exact) mass is 352 g/mol. The van der Waals surface area contributed by atoms with Gasteiger partial charge in [0.15, 0.2) is 0 Å². The maximum Gasteiger partial charge on any atom is 0.306 e. The van der Waals surface area contributed by atoms with E-state index in [0.29, 0.717) is 5.56 Å². The molecule has 0 radical (unpaired) electrons. The second-order valence-electron chi connectivity index (χ2n) is 5.60. The number of carbonyl (C=O) groups excluding carboxylic acids is 2. The number of nitro groups is 1. The maximum atomic E-state index is 12.6. The fraction of sp³-hybridized carbons (Fsp3) is 0.500. The minimum absolute atomic E-state index is 0.0827. The lowest BCUT2D eigenvalue weighted by molar-refractivity contribution is -0.384. The zero-order valence-corrected chi connectivity index (χ0v) is 14.0. The van der Waals surface area contributed by atoms with Gasteiger partial charge in [0.25, 0.3) is 11.6 Å². The molecular formula is C16H20N2O7. The number of hydrogen-bond acceptors (Lipinski definition) is 7. The summed E-state index contributed by atoms with van der Waals surface area (Å²) in [5.74, 6) is -2.35. The van der Waals surface area contributed by atoms with E-state index in [1.807, 2.05) is 0 Å². The molecule has 0 aliphatic carbocycles. The Morgan fingerprint density at radius 3 is 2.48 bits per heavy atom. The highest BCUT2D eigenvalue weighted by atomic mass is 16.7. The number of aliphatic hydroxyl groups is 1. The van der Waals surface area contributed by atoms with Crippen LogP contribution in [0.5, 0.6) is 0 Å². The van der Waals surface area contributed by atoms with E-state index in [-0.39, 0.29) is 25.3 Å². The van der Waals surface area contributed by atoms with Gasteiger partial charge in [-0.1, -0.05) is 12.1 Å². The number of non-ortho nitro benzene ring substituents is 1. The summed E-state index contributed by atoms with van der Waals surface area (Å²) in [7, 11) is 1.32. The van der Waals surface area contributed by atoms with Crippen molar-refractivity contribution in [2.45, 2.75) is 19.4 Å². The van der Waals surface area contributed by atoms with E-state index in [1.165, 1.54) is 31.4 Å². The van der Waals surface area contributed by atoms with E-state index >= 15 is 0 Å². The van der Waals surface area contributed by atoms with Crippen LogP contribution < -0.4 is 0 Å². The molecule has 0 bridgehead atoms. The van der Waals surface area contributed by atoms with Gasteiger partial charge in [0, 0.05) is 24.7 Å². The first-order chi connectivity index (χ1) is 11.9. The lowest BCUT2D eigenvalue weighted by Gasteiger charge is -2.25. The molecule has 0 spiro atoms. The summed E-state index contributed by atoms with van der Waals surface area (Å²) in [6.45, 7) is 1.51. The average Bonchev–Trinajstić information content (AvgIpc) is 2.86. The van der Waals surface area contributed by atoms with Crippen molar-refractivity contribution in [1.82, 2.24) is 5.06 Å². The van der Waals surface area contributed by atoms with Gasteiger partial charge in [-0.25, -0.2) is 5.06 Å². The van der Waals surface area contributed by atoms with Crippen LogP contribution in [0.25, 0.3) is 0 Å². The van der Waals surface area contributed by atoms with Gasteiger partial charge in [-0.05, 0) is 12.5 Å². The molecule has 1 heterocycles. The highest BCUT2D eigenvalue weighted by Gasteiger charge is 2.50. The largest absolute Gasteiger partial charge is 0.466 e. The Morgan fingerprint density at radius 2 is 2.00 bits per heavy atom. The Kier molecular flexibility index (Phi) is 6.05. The van der Waals surface area contributed by atoms with Gasteiger partial charge >= 0.3 is 5.97 Å². The number of aliphatic hydroxyl groups excluding tert-OH is 1. The topological polar surface area (TPSA) is 119 Å². The summed E-state index contributed by atoms with van der Waals surface area (Å²) in [5.41, 5.74) is 0.492. The van der Waals surface area contributed by atoms with Gasteiger partial charge in [0.1, 0.15) is 0 Å². The lowest BCUT2D eigenvalue weighted by Crippen LogP contribution is -2.29. The molecule has 25 heavy (non-hydrogen) atoms. The van der Waals surface area contributed by atoms with Crippen LogP contribution in [-0.4, -0.2) is 47.3 Å². The summed E-state index contributed by atoms with van der Waals surface area (Å²) in [6.07, 6.45) is -0.165. The zero-order chi connectivity index (χ0) is 18.6. The molecule has 9 nitrogen and oxygen atoms in total. The predicted octanol–water partition coefficient (Wildman–Crippen LogP) is 1.22. The first-order valence-corrected chi connectivity index (χ1v) is 7.82. The number of hydrogen-bond donors (Lipinski definition) is 1. The number of esters is 1. The summed E-state index contributed by atoms with van der Waals surface area (Å²) < 4.78 is 4.89. The highest BCUT2D eigenvalue weighted by Crippen LogP contribution is 2.43. The van der Waals surface area contributed by atoms with Crippen molar-refractivity contribution in [3.8, 4) is 0 Å². The normalized spacial score (nSPS) is 22.9. The number of carbonyl (C=O) groups is 2. The third kappa shape index (κ3) is 3.77. The molecule has 9 heteroatoms. The minimum atomic E-state index is -0.788. The Balaban J connectivity index is 2.32. The van der Waals surface area contributed by atoms with Crippen LogP contribution in [-0.2, 0) is 19.2 Å². The van der Waals surface area contributed by atoms with Crippen LogP contribution in [0.2, 0.25) is 0 Å². The van der Waals surface area contributed by atoms with Crippen molar-refractivity contribution in [2.24, 2.45) is 11.8 Å². The van der Waals surface area contributed by atoms with Gasteiger partial charge in [-0.15, -0.1) is 0 Å². The van der Waals surface area contributed by atoms with E-state index in [1.54, 1.807) is 6.92 Å². The second kappa shape index (κ2) is 8.04. The standard InChI is InChI=1S/C16H20N2O7/c1-3-25-14(20)8-12-13(9-19)15(17(24-2)16(12)21)10-4-6-11(7-5-10)18(22)23/h4-7,12-13,15,19H,3,8-9H2,1-2H3/t12-,13-,15+/m0/s1. The van der Waals surface area contributed by atoms with Crippen LogP contribution in [0.1, 0.15) is 24.9 Å². The molecule has 1 aliphatic rings. The zero-order valence-electron chi connectivity index (χ0n) is 14.0. The fourth-order valence-corrected chi connectivity index (χ4v) is 3.12. The fourth-order valence-electron chi connectivity index (χ4n) is 3.12. The molecule has 1 amide bonds. The van der Waals surface area contributed by atoms with Gasteiger partial charge in [0.2, 0.25) is 0 Å². The number of nitro benzene ring substituents is 1. The molecule has 136 valence electrons. The maximum absolute atomic E-state index is 12.6. The van der Waals surface area contributed by atoms with Crippen molar-refractivity contribution >= 4 is 17.6 Å². The Hall–Kier alpha value is -2.52. The molecule has 1 aromatic carbocycles. The van der Waals surface area contributed by atoms with Crippen LogP contribution in [0, 0.1) is 22.0 Å². The first kappa shape index (κ1) is 18.8. The van der Waals surface area contributed by atoms with Crippen LogP contribution in [0.15, 0.2) is 24.3 Å². The molecule has 0 aromatic heterocycles. The molecule has 3 atom stereocenters. The first-order valence-electron chi connectivity index (χ1n) is 7.82. The summed E-state index contributed by atoms with van der Waals surface area (Å²) in [4.78, 5) is 39.8. The molecular weight excluding hydrogens is 332 g/mol. The Bertz CT molecular complexity index is 646.